The third-order valence-electron chi connectivity index (χ3n) is 2.90. The number of aryl methyl sites for hydroxylation is 1. The molecule has 5 nitrogen and oxygen atoms in total. The summed E-state index contributed by atoms with van der Waals surface area (Å²) < 4.78 is 1.52. The van der Waals surface area contributed by atoms with Crippen molar-refractivity contribution in [3.8, 4) is 5.88 Å². The summed E-state index contributed by atoms with van der Waals surface area (Å²) in [6.07, 6.45) is 2.90. The van der Waals surface area contributed by atoms with Crippen molar-refractivity contribution in [2.24, 2.45) is 4.99 Å². The molecule has 6 heteroatoms. The summed E-state index contributed by atoms with van der Waals surface area (Å²) in [5, 5.41) is 10.1. The number of nitrogens with zero attached hydrogens (tertiary/aromatic N) is 2. The van der Waals surface area contributed by atoms with Crippen LogP contribution in [-0.4, -0.2) is 20.9 Å². The Morgan fingerprint density at radius 1 is 1.43 bits per heavy atom. The van der Waals surface area contributed by atoms with E-state index in [4.69, 9.17) is 12.2 Å². The van der Waals surface area contributed by atoms with Crippen LogP contribution in [0.25, 0.3) is 0 Å². The average molecular weight is 301 g/mol. The zero-order valence-electron chi connectivity index (χ0n) is 11.5. The van der Waals surface area contributed by atoms with E-state index in [9.17, 15) is 9.90 Å². The van der Waals surface area contributed by atoms with Crippen LogP contribution >= 0.6 is 12.2 Å². The molecule has 0 saturated heterocycles. The Balaban J connectivity index is 2.46. The van der Waals surface area contributed by atoms with Gasteiger partial charge in [-0.1, -0.05) is 23.8 Å². The minimum Gasteiger partial charge on any atom is -0.494 e. The number of nitrogens with one attached hydrogen (secondary N) is 1. The molecule has 21 heavy (non-hydrogen) atoms. The second kappa shape index (κ2) is 6.32. The first-order chi connectivity index (χ1) is 10.0. The fourth-order valence-electron chi connectivity index (χ4n) is 1.76. The van der Waals surface area contributed by atoms with Gasteiger partial charge < -0.3 is 5.11 Å². The Bertz CT molecular complexity index is 801. The predicted molar refractivity (Wildman–Crippen MR) is 86.2 cm³/mol. The van der Waals surface area contributed by atoms with E-state index >= 15 is 0 Å². The van der Waals surface area contributed by atoms with Crippen LogP contribution in [0.1, 0.15) is 11.1 Å². The third kappa shape index (κ3) is 3.35. The molecule has 0 bridgehead atoms. The molecular weight excluding hydrogens is 286 g/mol. The molecule has 0 atom stereocenters. The number of aromatic amines is 1. The van der Waals surface area contributed by atoms with Crippen molar-refractivity contribution in [3.05, 3.63) is 63.2 Å². The van der Waals surface area contributed by atoms with Crippen LogP contribution in [0.15, 0.2) is 46.7 Å². The molecule has 108 valence electrons. The first kappa shape index (κ1) is 14.9. The highest BCUT2D eigenvalue weighted by Gasteiger charge is 2.09. The van der Waals surface area contributed by atoms with Crippen LogP contribution in [0.4, 0.5) is 5.69 Å². The average Bonchev–Trinajstić information content (AvgIpc) is 2.45. The Morgan fingerprint density at radius 2 is 2.10 bits per heavy atom. The van der Waals surface area contributed by atoms with Crippen molar-refractivity contribution >= 4 is 24.1 Å². The fourth-order valence-corrected chi connectivity index (χ4v) is 2.01. The molecule has 2 N–H and O–H groups in total. The second-order valence-corrected chi connectivity index (χ2v) is 4.88. The van der Waals surface area contributed by atoms with Crippen molar-refractivity contribution in [1.82, 2.24) is 9.55 Å². The van der Waals surface area contributed by atoms with E-state index in [2.05, 4.69) is 16.6 Å². The van der Waals surface area contributed by atoms with Gasteiger partial charge in [0.1, 0.15) is 5.56 Å². The van der Waals surface area contributed by atoms with Crippen LogP contribution < -0.4 is 5.56 Å². The summed E-state index contributed by atoms with van der Waals surface area (Å²) in [6.45, 7) is 5.86. The molecule has 1 aromatic carbocycles. The molecule has 0 amide bonds. The van der Waals surface area contributed by atoms with Gasteiger partial charge in [0.15, 0.2) is 4.77 Å². The van der Waals surface area contributed by atoms with Gasteiger partial charge in [-0.3, -0.25) is 19.3 Å². The third-order valence-corrected chi connectivity index (χ3v) is 3.22. The molecule has 1 aromatic heterocycles. The van der Waals surface area contributed by atoms with E-state index < -0.39 is 5.56 Å². The number of H-pyrrole nitrogens is 1. The summed E-state index contributed by atoms with van der Waals surface area (Å²) in [6, 6.07) is 7.49. The minimum atomic E-state index is -0.478. The lowest BCUT2D eigenvalue weighted by atomic mass is 10.2. The number of hydrogen-bond donors (Lipinski definition) is 2. The predicted octanol–water partition coefficient (Wildman–Crippen LogP) is 2.86. The van der Waals surface area contributed by atoms with E-state index in [1.54, 1.807) is 6.08 Å². The molecular formula is C15H15N3O2S. The number of hydrogen-bond acceptors (Lipinski definition) is 4. The smallest absolute Gasteiger partial charge is 0.264 e. The van der Waals surface area contributed by atoms with Gasteiger partial charge in [0.2, 0.25) is 5.88 Å². The molecule has 0 radical (unpaired) electrons. The van der Waals surface area contributed by atoms with Gasteiger partial charge in [0.05, 0.1) is 5.69 Å². The van der Waals surface area contributed by atoms with Crippen LogP contribution in [0.2, 0.25) is 0 Å². The number of aliphatic imine (C=N–C) groups is 1. The number of benzene rings is 1. The zero-order chi connectivity index (χ0) is 15.4. The summed E-state index contributed by atoms with van der Waals surface area (Å²) in [4.78, 5) is 18.6. The summed E-state index contributed by atoms with van der Waals surface area (Å²) in [5.41, 5.74) is 1.39. The van der Waals surface area contributed by atoms with Gasteiger partial charge in [0.25, 0.3) is 5.56 Å². The maximum absolute atomic E-state index is 11.9. The monoisotopic (exact) mass is 301 g/mol. The molecule has 0 aliphatic carbocycles. The lowest BCUT2D eigenvalue weighted by Gasteiger charge is -2.08. The largest absolute Gasteiger partial charge is 0.494 e. The fraction of sp³-hybridized carbons (Fsp3) is 0.133. The quantitative estimate of drug-likeness (QED) is 0.518. The molecule has 2 rings (SSSR count). The first-order valence-electron chi connectivity index (χ1n) is 6.30. The number of rotatable bonds is 4. The van der Waals surface area contributed by atoms with Crippen molar-refractivity contribution < 1.29 is 5.11 Å². The van der Waals surface area contributed by atoms with Crippen molar-refractivity contribution in [3.63, 3.8) is 0 Å². The van der Waals surface area contributed by atoms with Gasteiger partial charge in [0, 0.05) is 12.8 Å². The van der Waals surface area contributed by atoms with E-state index in [1.165, 1.54) is 10.8 Å². The van der Waals surface area contributed by atoms with Crippen LogP contribution in [0.3, 0.4) is 0 Å². The lowest BCUT2D eigenvalue weighted by Crippen LogP contribution is -2.18. The number of allylic oxidation sites excluding steroid dienone is 1. The maximum Gasteiger partial charge on any atom is 0.264 e. The number of aromatic nitrogens is 2. The first-order valence-corrected chi connectivity index (χ1v) is 6.71. The number of aromatic hydroxyl groups is 1. The minimum absolute atomic E-state index is 0.0611. The lowest BCUT2D eigenvalue weighted by molar-refractivity contribution is 0.413. The summed E-state index contributed by atoms with van der Waals surface area (Å²) in [5.74, 6) is -0.223. The van der Waals surface area contributed by atoms with Gasteiger partial charge in [-0.05, 0) is 31.3 Å². The van der Waals surface area contributed by atoms with Crippen molar-refractivity contribution in [1.29, 1.82) is 0 Å². The molecule has 0 fully saturated rings. The van der Waals surface area contributed by atoms with Crippen LogP contribution in [0, 0.1) is 11.7 Å². The van der Waals surface area contributed by atoms with Gasteiger partial charge in [-0.25, -0.2) is 0 Å². The van der Waals surface area contributed by atoms with Gasteiger partial charge in [-0.15, -0.1) is 6.58 Å². The Morgan fingerprint density at radius 3 is 2.71 bits per heavy atom. The highest BCUT2D eigenvalue weighted by Crippen LogP contribution is 2.15. The maximum atomic E-state index is 11.9. The van der Waals surface area contributed by atoms with E-state index in [0.717, 1.165) is 5.56 Å². The molecule has 2 aromatic rings. The summed E-state index contributed by atoms with van der Waals surface area (Å²) in [7, 11) is 0. The molecule has 1 heterocycles. The molecule has 0 aliphatic rings. The molecule has 0 unspecified atom stereocenters. The van der Waals surface area contributed by atoms with Crippen molar-refractivity contribution in [2.45, 2.75) is 13.5 Å². The van der Waals surface area contributed by atoms with Gasteiger partial charge >= 0.3 is 0 Å². The van der Waals surface area contributed by atoms with Gasteiger partial charge in [-0.2, -0.15) is 0 Å². The topological polar surface area (TPSA) is 70.4 Å². The highest BCUT2D eigenvalue weighted by atomic mass is 32.1. The molecule has 0 spiro atoms. The zero-order valence-corrected chi connectivity index (χ0v) is 12.4. The SMILES string of the molecule is C=CCn1c(O)c(C=Nc2ccc(C)cc2)c(=O)[nH]c1=S. The Kier molecular flexibility index (Phi) is 4.49. The van der Waals surface area contributed by atoms with Crippen LogP contribution in [0.5, 0.6) is 5.88 Å². The normalized spacial score (nSPS) is 10.9. The molecule has 0 saturated carbocycles. The second-order valence-electron chi connectivity index (χ2n) is 4.49. The standard InChI is InChI=1S/C15H15N3O2S/c1-3-8-18-14(20)12(13(19)17-15(18)21)9-16-11-6-4-10(2)5-7-11/h3-7,9,20H,1,8H2,2H3,(H,17,19,21). The Hall–Kier alpha value is -2.47. The van der Waals surface area contributed by atoms with Crippen LogP contribution in [-0.2, 0) is 6.54 Å². The van der Waals surface area contributed by atoms with E-state index in [0.29, 0.717) is 12.2 Å². The van der Waals surface area contributed by atoms with E-state index in [1.807, 2.05) is 31.2 Å². The highest BCUT2D eigenvalue weighted by molar-refractivity contribution is 7.71. The van der Waals surface area contributed by atoms with Crippen molar-refractivity contribution in [2.75, 3.05) is 0 Å². The summed E-state index contributed by atoms with van der Waals surface area (Å²) >= 11 is 5.00. The van der Waals surface area contributed by atoms with E-state index in [-0.39, 0.29) is 16.2 Å². The molecule has 0 aliphatic heterocycles. The Labute approximate surface area is 126 Å².